The molecule has 0 radical (unpaired) electrons. The first kappa shape index (κ1) is 11.9. The molecular formula is C12H23N3O. The number of piperazine rings is 1. The number of amides is 1. The summed E-state index contributed by atoms with van der Waals surface area (Å²) < 4.78 is 0. The van der Waals surface area contributed by atoms with Crippen LogP contribution in [0, 0.1) is 5.92 Å². The molecule has 2 rings (SSSR count). The maximum Gasteiger partial charge on any atom is 0.227 e. The molecule has 0 aromatic heterocycles. The van der Waals surface area contributed by atoms with E-state index in [0.29, 0.717) is 11.9 Å². The van der Waals surface area contributed by atoms with Crippen molar-refractivity contribution >= 4 is 5.91 Å². The molecule has 1 saturated carbocycles. The molecule has 2 unspecified atom stereocenters. The monoisotopic (exact) mass is 225 g/mol. The molecule has 1 heterocycles. The Morgan fingerprint density at radius 1 is 1.38 bits per heavy atom. The summed E-state index contributed by atoms with van der Waals surface area (Å²) in [6.07, 6.45) is 3.43. The van der Waals surface area contributed by atoms with E-state index in [1.54, 1.807) is 0 Å². The summed E-state index contributed by atoms with van der Waals surface area (Å²) in [5.74, 6) is 0.614. The van der Waals surface area contributed by atoms with Gasteiger partial charge in [-0.1, -0.05) is 13.3 Å². The largest absolute Gasteiger partial charge is 0.340 e. The normalized spacial score (nSPS) is 30.7. The predicted octanol–water partition coefficient (Wildman–Crippen LogP) is 0.196. The van der Waals surface area contributed by atoms with Gasteiger partial charge in [0.2, 0.25) is 5.91 Å². The van der Waals surface area contributed by atoms with Crippen molar-refractivity contribution in [1.29, 1.82) is 0 Å². The summed E-state index contributed by atoms with van der Waals surface area (Å²) in [4.78, 5) is 14.4. The van der Waals surface area contributed by atoms with Crippen LogP contribution in [-0.4, -0.2) is 49.6 Å². The molecule has 16 heavy (non-hydrogen) atoms. The van der Waals surface area contributed by atoms with E-state index in [9.17, 15) is 4.79 Å². The van der Waals surface area contributed by atoms with Crippen LogP contribution < -0.4 is 10.6 Å². The fourth-order valence-electron chi connectivity index (χ4n) is 2.88. The highest BCUT2D eigenvalue weighted by molar-refractivity contribution is 5.80. The van der Waals surface area contributed by atoms with E-state index in [-0.39, 0.29) is 5.92 Å². The molecule has 1 amide bonds. The molecule has 2 fully saturated rings. The number of rotatable bonds is 3. The van der Waals surface area contributed by atoms with Gasteiger partial charge in [0.25, 0.3) is 0 Å². The predicted molar refractivity (Wildman–Crippen MR) is 64.3 cm³/mol. The van der Waals surface area contributed by atoms with Gasteiger partial charge in [0.1, 0.15) is 0 Å². The highest BCUT2D eigenvalue weighted by atomic mass is 16.2. The van der Waals surface area contributed by atoms with Crippen molar-refractivity contribution in [2.24, 2.45) is 5.92 Å². The lowest BCUT2D eigenvalue weighted by atomic mass is 10.0. The van der Waals surface area contributed by atoms with Crippen molar-refractivity contribution in [2.45, 2.75) is 32.2 Å². The molecule has 4 heteroatoms. The zero-order chi connectivity index (χ0) is 11.4. The van der Waals surface area contributed by atoms with E-state index in [0.717, 1.165) is 45.6 Å². The van der Waals surface area contributed by atoms with Gasteiger partial charge in [0, 0.05) is 32.2 Å². The Hall–Kier alpha value is -0.610. The number of carbonyl (C=O) groups is 1. The fourth-order valence-corrected chi connectivity index (χ4v) is 2.88. The van der Waals surface area contributed by atoms with E-state index >= 15 is 0 Å². The Kier molecular flexibility index (Phi) is 4.18. The van der Waals surface area contributed by atoms with Gasteiger partial charge in [-0.05, 0) is 19.4 Å². The lowest BCUT2D eigenvalue weighted by Gasteiger charge is -2.31. The van der Waals surface area contributed by atoms with Crippen LogP contribution in [0.1, 0.15) is 26.2 Å². The van der Waals surface area contributed by atoms with Crippen LogP contribution in [0.4, 0.5) is 0 Å². The SMILES string of the molecule is CCNC1CCCC1C(=O)N1CCNCC1. The molecule has 1 aliphatic carbocycles. The Labute approximate surface area is 97.8 Å². The average Bonchev–Trinajstić information content (AvgIpc) is 2.78. The maximum atomic E-state index is 12.3. The van der Waals surface area contributed by atoms with Crippen molar-refractivity contribution in [2.75, 3.05) is 32.7 Å². The fraction of sp³-hybridized carbons (Fsp3) is 0.917. The lowest BCUT2D eigenvalue weighted by Crippen LogP contribution is -2.51. The van der Waals surface area contributed by atoms with E-state index < -0.39 is 0 Å². The van der Waals surface area contributed by atoms with Crippen molar-refractivity contribution in [3.63, 3.8) is 0 Å². The molecule has 4 nitrogen and oxygen atoms in total. The highest BCUT2D eigenvalue weighted by Crippen LogP contribution is 2.27. The second-order valence-corrected chi connectivity index (χ2v) is 4.78. The average molecular weight is 225 g/mol. The second-order valence-electron chi connectivity index (χ2n) is 4.78. The Morgan fingerprint density at radius 2 is 2.12 bits per heavy atom. The van der Waals surface area contributed by atoms with Gasteiger partial charge >= 0.3 is 0 Å². The maximum absolute atomic E-state index is 12.3. The number of nitrogens with zero attached hydrogens (tertiary/aromatic N) is 1. The molecule has 1 saturated heterocycles. The minimum atomic E-state index is 0.234. The van der Waals surface area contributed by atoms with E-state index in [1.165, 1.54) is 6.42 Å². The molecular weight excluding hydrogens is 202 g/mol. The number of nitrogens with one attached hydrogen (secondary N) is 2. The van der Waals surface area contributed by atoms with Crippen LogP contribution >= 0.6 is 0 Å². The smallest absolute Gasteiger partial charge is 0.227 e. The van der Waals surface area contributed by atoms with E-state index in [2.05, 4.69) is 17.6 Å². The molecule has 1 aliphatic heterocycles. The highest BCUT2D eigenvalue weighted by Gasteiger charge is 2.35. The summed E-state index contributed by atoms with van der Waals surface area (Å²) in [5.41, 5.74) is 0. The first-order valence-corrected chi connectivity index (χ1v) is 6.56. The molecule has 2 atom stereocenters. The zero-order valence-corrected chi connectivity index (χ0v) is 10.2. The van der Waals surface area contributed by atoms with Crippen LogP contribution in [0.25, 0.3) is 0 Å². The minimum Gasteiger partial charge on any atom is -0.340 e. The van der Waals surface area contributed by atoms with Gasteiger partial charge in [0.05, 0.1) is 5.92 Å². The molecule has 0 bridgehead atoms. The van der Waals surface area contributed by atoms with Gasteiger partial charge in [-0.25, -0.2) is 0 Å². The summed E-state index contributed by atoms with van der Waals surface area (Å²) >= 11 is 0. The Bertz CT molecular complexity index is 238. The van der Waals surface area contributed by atoms with Crippen LogP contribution in [0.3, 0.4) is 0 Å². The summed E-state index contributed by atoms with van der Waals surface area (Å²) in [6, 6.07) is 0.424. The first-order valence-electron chi connectivity index (χ1n) is 6.56. The summed E-state index contributed by atoms with van der Waals surface area (Å²) in [6.45, 7) is 6.75. The minimum absolute atomic E-state index is 0.234. The molecule has 2 aliphatic rings. The van der Waals surface area contributed by atoms with Crippen molar-refractivity contribution < 1.29 is 4.79 Å². The van der Waals surface area contributed by atoms with Gasteiger partial charge in [-0.2, -0.15) is 0 Å². The first-order chi connectivity index (χ1) is 7.83. The molecule has 92 valence electrons. The molecule has 0 spiro atoms. The summed E-state index contributed by atoms with van der Waals surface area (Å²) in [5, 5.41) is 6.74. The van der Waals surface area contributed by atoms with Crippen LogP contribution in [0.2, 0.25) is 0 Å². The number of hydrogen-bond donors (Lipinski definition) is 2. The summed E-state index contributed by atoms with van der Waals surface area (Å²) in [7, 11) is 0. The number of hydrogen-bond acceptors (Lipinski definition) is 3. The Morgan fingerprint density at radius 3 is 2.81 bits per heavy atom. The zero-order valence-electron chi connectivity index (χ0n) is 10.2. The number of carbonyl (C=O) groups excluding carboxylic acids is 1. The van der Waals surface area contributed by atoms with Crippen LogP contribution in [0.15, 0.2) is 0 Å². The van der Waals surface area contributed by atoms with Gasteiger partial charge < -0.3 is 15.5 Å². The molecule has 2 N–H and O–H groups in total. The lowest BCUT2D eigenvalue weighted by molar-refractivity contribution is -0.136. The second kappa shape index (κ2) is 5.64. The van der Waals surface area contributed by atoms with Crippen molar-refractivity contribution in [3.8, 4) is 0 Å². The topological polar surface area (TPSA) is 44.4 Å². The third-order valence-electron chi connectivity index (χ3n) is 3.73. The van der Waals surface area contributed by atoms with Gasteiger partial charge in [-0.15, -0.1) is 0 Å². The third-order valence-corrected chi connectivity index (χ3v) is 3.73. The van der Waals surface area contributed by atoms with E-state index in [1.807, 2.05) is 4.90 Å². The van der Waals surface area contributed by atoms with E-state index in [4.69, 9.17) is 0 Å². The molecule has 0 aromatic carbocycles. The quantitative estimate of drug-likeness (QED) is 0.721. The Balaban J connectivity index is 1.91. The van der Waals surface area contributed by atoms with Gasteiger partial charge in [-0.3, -0.25) is 4.79 Å². The third kappa shape index (κ3) is 2.55. The molecule has 0 aromatic rings. The van der Waals surface area contributed by atoms with Crippen molar-refractivity contribution in [3.05, 3.63) is 0 Å². The van der Waals surface area contributed by atoms with Crippen LogP contribution in [-0.2, 0) is 4.79 Å². The van der Waals surface area contributed by atoms with Crippen LogP contribution in [0.5, 0.6) is 0 Å². The standard InChI is InChI=1S/C12H23N3O/c1-2-14-11-5-3-4-10(11)12(16)15-8-6-13-7-9-15/h10-11,13-14H,2-9H2,1H3. The van der Waals surface area contributed by atoms with Gasteiger partial charge in [0.15, 0.2) is 0 Å². The van der Waals surface area contributed by atoms with Crippen molar-refractivity contribution in [1.82, 2.24) is 15.5 Å².